The number of hydrogen-bond acceptors (Lipinski definition) is 7. The molecule has 0 fully saturated rings. The van der Waals surface area contributed by atoms with E-state index in [9.17, 15) is 8.78 Å². The lowest BCUT2D eigenvalue weighted by molar-refractivity contribution is 0.0335. The number of benzene rings is 4. The highest BCUT2D eigenvalue weighted by Crippen LogP contribution is 2.25. The number of para-hydroxylation sites is 2. The highest BCUT2D eigenvalue weighted by atomic mass is 79.9. The van der Waals surface area contributed by atoms with Crippen molar-refractivity contribution in [2.75, 3.05) is 0 Å². The monoisotopic (exact) mass is 686 g/mol. The molecule has 0 saturated carbocycles. The molecule has 0 unspecified atom stereocenters. The van der Waals surface area contributed by atoms with Gasteiger partial charge in [-0.3, -0.25) is 0 Å². The van der Waals surface area contributed by atoms with Gasteiger partial charge in [0.1, 0.15) is 11.5 Å². The molecule has 4 rings (SSSR count). The Labute approximate surface area is 273 Å². The zero-order chi connectivity index (χ0) is 33.4. The van der Waals surface area contributed by atoms with Crippen molar-refractivity contribution in [2.24, 2.45) is 0 Å². The fraction of sp³-hybridized carbons (Fsp3) is 0.273. The lowest BCUT2D eigenvalue weighted by atomic mass is 9.80. The van der Waals surface area contributed by atoms with Crippen LogP contribution in [-0.2, 0) is 14.0 Å². The normalized spacial score (nSPS) is 10.5. The van der Waals surface area contributed by atoms with Gasteiger partial charge in [-0.15, -0.1) is 0 Å². The van der Waals surface area contributed by atoms with E-state index in [2.05, 4.69) is 15.9 Å². The molecule has 0 aliphatic rings. The number of halogens is 3. The van der Waals surface area contributed by atoms with Crippen molar-refractivity contribution < 1.29 is 42.3 Å². The van der Waals surface area contributed by atoms with Crippen LogP contribution >= 0.6 is 15.9 Å². The first-order valence-electron chi connectivity index (χ1n) is 14.4. The number of rotatable bonds is 11. The van der Waals surface area contributed by atoms with E-state index in [4.69, 9.17) is 33.5 Å². The van der Waals surface area contributed by atoms with Crippen LogP contribution in [-0.4, -0.2) is 42.8 Å². The molecule has 0 spiro atoms. The largest absolute Gasteiger partial charge is 0.639 e. The van der Waals surface area contributed by atoms with E-state index in [1.165, 1.54) is 30.3 Å². The van der Waals surface area contributed by atoms with E-state index < -0.39 is 20.3 Å². The van der Waals surface area contributed by atoms with Crippen LogP contribution in [0.25, 0.3) is 0 Å². The van der Waals surface area contributed by atoms with Gasteiger partial charge < -0.3 is 33.5 Å². The molecule has 0 bridgehead atoms. The van der Waals surface area contributed by atoms with Crippen LogP contribution in [0.5, 0.6) is 23.0 Å². The molecule has 45 heavy (non-hydrogen) atoms. The summed E-state index contributed by atoms with van der Waals surface area (Å²) in [5.41, 5.74) is 0.353. The molecule has 0 aliphatic carbocycles. The standard InChI is InChI=1S/C12H10BFO3.C12H8BrFO.C9H21BO3/c14-11-3-1-2-4-12(11)17-10-7-5-9(6-8-10)13(15)16;13-9-5-7-10(8-6-9)15-12-4-2-1-3-11(12)14;1-7(2)11-10(12-8(3)4)13-9(5)6/h1-8,15-16H;1-8H;7-9H,1-6H3. The van der Waals surface area contributed by atoms with Crippen LogP contribution in [0.3, 0.4) is 0 Å². The molecular weight excluding hydrogens is 648 g/mol. The van der Waals surface area contributed by atoms with Crippen molar-refractivity contribution in [2.45, 2.75) is 59.9 Å². The van der Waals surface area contributed by atoms with Gasteiger partial charge in [0.25, 0.3) is 0 Å². The topological polar surface area (TPSA) is 86.6 Å². The second-order valence-corrected chi connectivity index (χ2v) is 11.2. The van der Waals surface area contributed by atoms with Gasteiger partial charge in [0, 0.05) is 22.8 Å². The summed E-state index contributed by atoms with van der Waals surface area (Å²) in [5, 5.41) is 17.8. The molecule has 0 atom stereocenters. The molecular formula is C33H39B2BrF2O7. The Balaban J connectivity index is 0.000000238. The summed E-state index contributed by atoms with van der Waals surface area (Å²) in [6, 6.07) is 25.7. The van der Waals surface area contributed by atoms with Crippen LogP contribution < -0.4 is 14.9 Å². The average Bonchev–Trinajstić information content (AvgIpc) is 2.97. The highest BCUT2D eigenvalue weighted by Gasteiger charge is 2.25. The first-order chi connectivity index (χ1) is 21.3. The second-order valence-electron chi connectivity index (χ2n) is 10.3. The summed E-state index contributed by atoms with van der Waals surface area (Å²) in [5.74, 6) is 0.603. The van der Waals surface area contributed by atoms with Gasteiger partial charge in [-0.1, -0.05) is 52.3 Å². The summed E-state index contributed by atoms with van der Waals surface area (Å²) in [6.07, 6.45) is 0.340. The van der Waals surface area contributed by atoms with Gasteiger partial charge in [-0.2, -0.15) is 0 Å². The van der Waals surface area contributed by atoms with Gasteiger partial charge in [-0.25, -0.2) is 8.78 Å². The summed E-state index contributed by atoms with van der Waals surface area (Å²) in [7, 11) is -2.06. The lowest BCUT2D eigenvalue weighted by Crippen LogP contribution is -2.34. The maximum atomic E-state index is 13.3. The van der Waals surface area contributed by atoms with Crippen molar-refractivity contribution >= 4 is 35.8 Å². The molecule has 2 N–H and O–H groups in total. The highest BCUT2D eigenvalue weighted by molar-refractivity contribution is 9.10. The molecule has 240 valence electrons. The Kier molecular flexibility index (Phi) is 16.9. The van der Waals surface area contributed by atoms with Crippen LogP contribution in [0.2, 0.25) is 0 Å². The molecule has 4 aromatic carbocycles. The van der Waals surface area contributed by atoms with Gasteiger partial charge >= 0.3 is 14.4 Å². The predicted molar refractivity (Wildman–Crippen MR) is 178 cm³/mol. The second kappa shape index (κ2) is 20.0. The van der Waals surface area contributed by atoms with Crippen molar-refractivity contribution in [3.63, 3.8) is 0 Å². The summed E-state index contributed by atoms with van der Waals surface area (Å²) in [6.45, 7) is 11.8. The summed E-state index contributed by atoms with van der Waals surface area (Å²) >= 11 is 3.32. The molecule has 0 saturated heterocycles. The van der Waals surface area contributed by atoms with Crippen molar-refractivity contribution in [3.05, 3.63) is 113 Å². The minimum Gasteiger partial charge on any atom is -0.454 e. The third-order valence-corrected chi connectivity index (χ3v) is 5.80. The van der Waals surface area contributed by atoms with Gasteiger partial charge in [0.2, 0.25) is 0 Å². The molecule has 7 nitrogen and oxygen atoms in total. The SMILES string of the molecule is CC(C)OB(OC(C)C)OC(C)C.Fc1ccccc1Oc1ccc(Br)cc1.OB(O)c1ccc(Oc2ccccc2F)cc1. The minimum atomic E-state index is -1.52. The van der Waals surface area contributed by atoms with Crippen molar-refractivity contribution in [1.29, 1.82) is 0 Å². The van der Waals surface area contributed by atoms with Gasteiger partial charge in [0.05, 0.1) is 0 Å². The Morgan fingerprint density at radius 3 is 1.24 bits per heavy atom. The van der Waals surface area contributed by atoms with Crippen molar-refractivity contribution in [3.8, 4) is 23.0 Å². The fourth-order valence-corrected chi connectivity index (χ4v) is 3.55. The third kappa shape index (κ3) is 15.5. The van der Waals surface area contributed by atoms with Gasteiger partial charge in [-0.05, 0) is 108 Å². The lowest BCUT2D eigenvalue weighted by Gasteiger charge is -2.20. The van der Waals surface area contributed by atoms with Crippen LogP contribution in [0.15, 0.2) is 102 Å². The van der Waals surface area contributed by atoms with E-state index in [0.29, 0.717) is 17.0 Å². The smallest absolute Gasteiger partial charge is 0.454 e. The summed E-state index contributed by atoms with van der Waals surface area (Å²) in [4.78, 5) is 0. The van der Waals surface area contributed by atoms with Crippen LogP contribution in [0.1, 0.15) is 41.5 Å². The third-order valence-electron chi connectivity index (χ3n) is 5.27. The van der Waals surface area contributed by atoms with Crippen LogP contribution in [0, 0.1) is 11.6 Å². The molecule has 0 heterocycles. The maximum Gasteiger partial charge on any atom is 0.639 e. The first kappa shape index (κ1) is 37.9. The Morgan fingerprint density at radius 1 is 0.556 bits per heavy atom. The zero-order valence-electron chi connectivity index (χ0n) is 26.2. The number of hydrogen-bond donors (Lipinski definition) is 2. The Morgan fingerprint density at radius 2 is 0.911 bits per heavy atom. The van der Waals surface area contributed by atoms with E-state index in [-0.39, 0.29) is 35.6 Å². The predicted octanol–water partition coefficient (Wildman–Crippen LogP) is 7.92. The molecule has 4 aromatic rings. The fourth-order valence-electron chi connectivity index (χ4n) is 3.28. The van der Waals surface area contributed by atoms with E-state index in [1.807, 2.05) is 53.7 Å². The average molecular weight is 687 g/mol. The Hall–Kier alpha value is -3.25. The zero-order valence-corrected chi connectivity index (χ0v) is 27.8. The summed E-state index contributed by atoms with van der Waals surface area (Å²) < 4.78 is 54.4. The quantitative estimate of drug-likeness (QED) is 0.155. The maximum absolute atomic E-state index is 13.3. The Bertz CT molecular complexity index is 1370. The van der Waals surface area contributed by atoms with Crippen LogP contribution in [0.4, 0.5) is 8.78 Å². The van der Waals surface area contributed by atoms with Crippen molar-refractivity contribution in [1.82, 2.24) is 0 Å². The van der Waals surface area contributed by atoms with E-state index in [0.717, 1.165) is 4.47 Å². The minimum absolute atomic E-state index is 0.113. The molecule has 0 aromatic heterocycles. The molecule has 0 radical (unpaired) electrons. The molecule has 0 amide bonds. The first-order valence-corrected chi connectivity index (χ1v) is 15.2. The van der Waals surface area contributed by atoms with E-state index >= 15 is 0 Å². The van der Waals surface area contributed by atoms with Gasteiger partial charge in [0.15, 0.2) is 23.1 Å². The number of ether oxygens (including phenoxy) is 2. The molecule has 12 heteroatoms. The molecule has 0 aliphatic heterocycles. The van der Waals surface area contributed by atoms with E-state index in [1.54, 1.807) is 54.6 Å².